The summed E-state index contributed by atoms with van der Waals surface area (Å²) in [5.74, 6) is 0.305. The number of hydrogen-bond donors (Lipinski definition) is 1. The van der Waals surface area contributed by atoms with E-state index in [0.29, 0.717) is 6.54 Å². The van der Waals surface area contributed by atoms with Crippen molar-refractivity contribution in [3.8, 4) is 0 Å². The number of aromatic nitrogens is 1. The summed E-state index contributed by atoms with van der Waals surface area (Å²) in [5.41, 5.74) is 0.947. The first-order valence-corrected chi connectivity index (χ1v) is 6.65. The van der Waals surface area contributed by atoms with Crippen molar-refractivity contribution < 1.29 is 4.79 Å². The minimum atomic E-state index is -0.232. The van der Waals surface area contributed by atoms with E-state index in [2.05, 4.69) is 17.6 Å². The summed E-state index contributed by atoms with van der Waals surface area (Å²) in [6.45, 7) is 6.52. The molecular weight excluding hydrogens is 240 g/mol. The van der Waals surface area contributed by atoms with Gasteiger partial charge in [0.05, 0.1) is 22.5 Å². The quantitative estimate of drug-likeness (QED) is 0.841. The standard InChI is InChI=1S/C11H18N2OS2/c1-7(2)10(15)11(14)13(4)5-9-6-16-8(3)12-9/h6-7,10,15H,5H2,1-4H3. The van der Waals surface area contributed by atoms with Crippen molar-refractivity contribution in [1.29, 1.82) is 0 Å². The second-order valence-corrected chi connectivity index (χ2v) is 5.86. The van der Waals surface area contributed by atoms with E-state index in [9.17, 15) is 4.79 Å². The number of aryl methyl sites for hydroxylation is 1. The molecule has 1 aromatic rings. The first-order valence-electron chi connectivity index (χ1n) is 5.26. The Hall–Kier alpha value is -0.550. The SMILES string of the molecule is Cc1nc(CN(C)C(=O)C(S)C(C)C)cs1. The van der Waals surface area contributed by atoms with Crippen molar-refractivity contribution >= 4 is 29.9 Å². The third kappa shape index (κ3) is 3.49. The van der Waals surface area contributed by atoms with Gasteiger partial charge in [-0.3, -0.25) is 4.79 Å². The number of hydrogen-bond acceptors (Lipinski definition) is 4. The normalized spacial score (nSPS) is 12.9. The fraction of sp³-hybridized carbons (Fsp3) is 0.636. The summed E-state index contributed by atoms with van der Waals surface area (Å²) in [5, 5.41) is 2.79. The van der Waals surface area contributed by atoms with E-state index >= 15 is 0 Å². The van der Waals surface area contributed by atoms with Crippen LogP contribution in [-0.4, -0.2) is 28.1 Å². The third-order valence-corrected chi connectivity index (χ3v) is 3.97. The van der Waals surface area contributed by atoms with Crippen molar-refractivity contribution in [3.05, 3.63) is 16.1 Å². The topological polar surface area (TPSA) is 33.2 Å². The van der Waals surface area contributed by atoms with Crippen LogP contribution in [0.25, 0.3) is 0 Å². The fourth-order valence-electron chi connectivity index (χ4n) is 1.31. The number of amides is 1. The zero-order valence-electron chi connectivity index (χ0n) is 10.1. The molecule has 16 heavy (non-hydrogen) atoms. The van der Waals surface area contributed by atoms with Gasteiger partial charge in [0, 0.05) is 12.4 Å². The molecular formula is C11H18N2OS2. The summed E-state index contributed by atoms with van der Waals surface area (Å²) < 4.78 is 0. The molecule has 0 radical (unpaired) electrons. The van der Waals surface area contributed by atoms with Crippen molar-refractivity contribution in [3.63, 3.8) is 0 Å². The van der Waals surface area contributed by atoms with Crippen LogP contribution in [0.3, 0.4) is 0 Å². The Morgan fingerprint density at radius 2 is 2.25 bits per heavy atom. The van der Waals surface area contributed by atoms with Gasteiger partial charge in [-0.25, -0.2) is 4.98 Å². The summed E-state index contributed by atoms with van der Waals surface area (Å²) in [6.07, 6.45) is 0. The molecule has 0 bridgehead atoms. The highest BCUT2D eigenvalue weighted by atomic mass is 32.1. The lowest BCUT2D eigenvalue weighted by Crippen LogP contribution is -2.35. The van der Waals surface area contributed by atoms with E-state index in [-0.39, 0.29) is 17.1 Å². The first kappa shape index (κ1) is 13.5. The molecule has 0 saturated carbocycles. The van der Waals surface area contributed by atoms with Gasteiger partial charge in [0.15, 0.2) is 0 Å². The van der Waals surface area contributed by atoms with Gasteiger partial charge in [-0.1, -0.05) is 13.8 Å². The van der Waals surface area contributed by atoms with Crippen LogP contribution in [0.2, 0.25) is 0 Å². The molecule has 0 aliphatic heterocycles. The van der Waals surface area contributed by atoms with Gasteiger partial charge in [0.2, 0.25) is 5.91 Å². The lowest BCUT2D eigenvalue weighted by molar-refractivity contribution is -0.130. The smallest absolute Gasteiger partial charge is 0.235 e. The number of carbonyl (C=O) groups is 1. The van der Waals surface area contributed by atoms with Crippen LogP contribution in [0.4, 0.5) is 0 Å². The summed E-state index contributed by atoms with van der Waals surface area (Å²) in [7, 11) is 1.79. The fourth-order valence-corrected chi connectivity index (χ4v) is 2.11. The maximum Gasteiger partial charge on any atom is 0.235 e. The van der Waals surface area contributed by atoms with E-state index in [1.807, 2.05) is 26.2 Å². The molecule has 0 aliphatic carbocycles. The van der Waals surface area contributed by atoms with Gasteiger partial charge in [-0.05, 0) is 12.8 Å². The Balaban J connectivity index is 2.58. The van der Waals surface area contributed by atoms with E-state index < -0.39 is 0 Å². The number of thiol groups is 1. The van der Waals surface area contributed by atoms with Crippen molar-refractivity contribution in [2.24, 2.45) is 5.92 Å². The highest BCUT2D eigenvalue weighted by Crippen LogP contribution is 2.14. The summed E-state index contributed by atoms with van der Waals surface area (Å²) >= 11 is 5.93. The molecule has 1 atom stereocenters. The molecule has 0 N–H and O–H groups in total. The maximum absolute atomic E-state index is 11.9. The molecule has 1 aromatic heterocycles. The molecule has 5 heteroatoms. The Kier molecular flexibility index (Phi) is 4.80. The average molecular weight is 258 g/mol. The molecule has 3 nitrogen and oxygen atoms in total. The second-order valence-electron chi connectivity index (χ2n) is 4.24. The average Bonchev–Trinajstić information content (AvgIpc) is 2.61. The molecule has 1 unspecified atom stereocenters. The third-order valence-electron chi connectivity index (χ3n) is 2.33. The van der Waals surface area contributed by atoms with Crippen molar-refractivity contribution in [2.75, 3.05) is 7.05 Å². The van der Waals surface area contributed by atoms with E-state index in [0.717, 1.165) is 10.7 Å². The summed E-state index contributed by atoms with van der Waals surface area (Å²) in [4.78, 5) is 17.9. The zero-order valence-corrected chi connectivity index (χ0v) is 11.8. The predicted octanol–water partition coefficient (Wildman–Crippen LogP) is 2.36. The minimum absolute atomic E-state index is 0.0592. The van der Waals surface area contributed by atoms with E-state index in [1.165, 1.54) is 0 Å². The maximum atomic E-state index is 11.9. The molecule has 90 valence electrons. The molecule has 0 aliphatic rings. The van der Waals surface area contributed by atoms with E-state index in [1.54, 1.807) is 23.3 Å². The number of thiazole rings is 1. The Labute approximate surface area is 106 Å². The van der Waals surface area contributed by atoms with Crippen LogP contribution in [0, 0.1) is 12.8 Å². The predicted molar refractivity (Wildman–Crippen MR) is 70.9 cm³/mol. The number of carbonyl (C=O) groups excluding carboxylic acids is 1. The molecule has 1 rings (SSSR count). The Bertz CT molecular complexity index is 363. The Morgan fingerprint density at radius 3 is 2.69 bits per heavy atom. The molecule has 1 heterocycles. The first-order chi connectivity index (χ1) is 7.41. The number of rotatable bonds is 4. The van der Waals surface area contributed by atoms with Crippen LogP contribution in [-0.2, 0) is 11.3 Å². The Morgan fingerprint density at radius 1 is 1.62 bits per heavy atom. The van der Waals surface area contributed by atoms with Crippen molar-refractivity contribution in [1.82, 2.24) is 9.88 Å². The van der Waals surface area contributed by atoms with Crippen LogP contribution >= 0.6 is 24.0 Å². The second kappa shape index (κ2) is 5.68. The van der Waals surface area contributed by atoms with Gasteiger partial charge < -0.3 is 4.90 Å². The van der Waals surface area contributed by atoms with Gasteiger partial charge in [-0.2, -0.15) is 12.6 Å². The molecule has 1 amide bonds. The van der Waals surface area contributed by atoms with Crippen molar-refractivity contribution in [2.45, 2.75) is 32.6 Å². The number of nitrogens with zero attached hydrogens (tertiary/aromatic N) is 2. The monoisotopic (exact) mass is 258 g/mol. The lowest BCUT2D eigenvalue weighted by Gasteiger charge is -2.22. The lowest BCUT2D eigenvalue weighted by atomic mass is 10.1. The summed E-state index contributed by atoms with van der Waals surface area (Å²) in [6, 6.07) is 0. The van der Waals surface area contributed by atoms with Gasteiger partial charge in [0.25, 0.3) is 0 Å². The molecule has 0 spiro atoms. The highest BCUT2D eigenvalue weighted by molar-refractivity contribution is 7.81. The van der Waals surface area contributed by atoms with Crippen LogP contribution in [0.15, 0.2) is 5.38 Å². The molecule has 0 saturated heterocycles. The van der Waals surface area contributed by atoms with Gasteiger partial charge in [0.1, 0.15) is 0 Å². The van der Waals surface area contributed by atoms with Gasteiger partial charge >= 0.3 is 0 Å². The largest absolute Gasteiger partial charge is 0.339 e. The molecule has 0 fully saturated rings. The van der Waals surface area contributed by atoms with Crippen LogP contribution in [0.1, 0.15) is 24.5 Å². The van der Waals surface area contributed by atoms with Gasteiger partial charge in [-0.15, -0.1) is 11.3 Å². The van der Waals surface area contributed by atoms with E-state index in [4.69, 9.17) is 0 Å². The van der Waals surface area contributed by atoms with Crippen LogP contribution < -0.4 is 0 Å². The molecule has 0 aromatic carbocycles. The highest BCUT2D eigenvalue weighted by Gasteiger charge is 2.21. The zero-order chi connectivity index (χ0) is 12.3. The van der Waals surface area contributed by atoms with Crippen LogP contribution in [0.5, 0.6) is 0 Å². The minimum Gasteiger partial charge on any atom is -0.339 e.